The number of nitrogens with zero attached hydrogens (tertiary/aromatic N) is 2. The van der Waals surface area contributed by atoms with Crippen LogP contribution >= 0.6 is 24.8 Å². The molecule has 4 aromatic rings. The zero-order valence-corrected chi connectivity index (χ0v) is 21.0. The molecule has 1 fully saturated rings. The lowest BCUT2D eigenvalue weighted by Crippen LogP contribution is -2.33. The Kier molecular flexibility index (Phi) is 8.78. The van der Waals surface area contributed by atoms with Gasteiger partial charge in [-0.15, -0.1) is 24.8 Å². The number of likely N-dealkylation sites (tertiary alicyclic amines) is 1. The van der Waals surface area contributed by atoms with Crippen LogP contribution in [0.25, 0.3) is 22.1 Å². The topological polar surface area (TPSA) is 75.8 Å². The second-order valence-corrected chi connectivity index (χ2v) is 8.39. The minimum Gasteiger partial charge on any atom is -0.507 e. The van der Waals surface area contributed by atoms with E-state index in [-0.39, 0.29) is 42.0 Å². The molecule has 2 aromatic heterocycles. The molecule has 8 heteroatoms. The molecule has 184 valence electrons. The zero-order chi connectivity index (χ0) is 22.8. The monoisotopic (exact) mass is 514 g/mol. The molecule has 1 N–H and O–H groups in total. The summed E-state index contributed by atoms with van der Waals surface area (Å²) in [5, 5.41) is 11.2. The fraction of sp³-hybridized carbons (Fsp3) is 0.259. The van der Waals surface area contributed by atoms with Crippen molar-refractivity contribution < 1.29 is 14.3 Å². The van der Waals surface area contributed by atoms with Gasteiger partial charge in [0.1, 0.15) is 23.3 Å². The summed E-state index contributed by atoms with van der Waals surface area (Å²) in [6.45, 7) is 1.39. The molecule has 0 bridgehead atoms. The van der Waals surface area contributed by atoms with Gasteiger partial charge in [-0.05, 0) is 49.2 Å². The number of hydrogen-bond donors (Lipinski definition) is 1. The van der Waals surface area contributed by atoms with E-state index >= 15 is 0 Å². The van der Waals surface area contributed by atoms with E-state index in [9.17, 15) is 9.90 Å². The van der Waals surface area contributed by atoms with E-state index in [4.69, 9.17) is 9.15 Å². The molecule has 0 aliphatic carbocycles. The van der Waals surface area contributed by atoms with Gasteiger partial charge in [0.2, 0.25) is 5.43 Å². The van der Waals surface area contributed by atoms with Crippen molar-refractivity contribution >= 4 is 35.8 Å². The summed E-state index contributed by atoms with van der Waals surface area (Å²) >= 11 is 0. The predicted octanol–water partition coefficient (Wildman–Crippen LogP) is 6.14. The molecule has 1 aliphatic heterocycles. The molecular weight excluding hydrogens is 487 g/mol. The van der Waals surface area contributed by atoms with Crippen molar-refractivity contribution in [3.8, 4) is 22.6 Å². The second kappa shape index (κ2) is 11.6. The molecule has 35 heavy (non-hydrogen) atoms. The van der Waals surface area contributed by atoms with Crippen LogP contribution in [0.15, 0.2) is 76.4 Å². The normalized spacial score (nSPS) is 15.7. The molecule has 6 nitrogen and oxygen atoms in total. The number of phenols is 1. The summed E-state index contributed by atoms with van der Waals surface area (Å²) < 4.78 is 11.4. The van der Waals surface area contributed by atoms with Gasteiger partial charge in [-0.25, -0.2) is 0 Å². The van der Waals surface area contributed by atoms with E-state index in [2.05, 4.69) is 16.0 Å². The predicted molar refractivity (Wildman–Crippen MR) is 142 cm³/mol. The van der Waals surface area contributed by atoms with Gasteiger partial charge in [0.25, 0.3) is 0 Å². The maximum Gasteiger partial charge on any atom is 0.200 e. The van der Waals surface area contributed by atoms with Crippen molar-refractivity contribution in [3.05, 3.63) is 88.5 Å². The Labute approximate surface area is 216 Å². The SMILES string of the molecule is COc1ccccc1-c1coc2c(CN3CCCC[C@H]3c3cccnc3)c(O)ccc2c1=O.Cl.Cl. The number of halogens is 2. The summed E-state index contributed by atoms with van der Waals surface area (Å²) in [7, 11) is 1.58. The Hall–Kier alpha value is -3.06. The molecule has 2 aromatic carbocycles. The van der Waals surface area contributed by atoms with Crippen molar-refractivity contribution in [2.24, 2.45) is 0 Å². The minimum absolute atomic E-state index is 0. The lowest BCUT2D eigenvalue weighted by atomic mass is 9.95. The smallest absolute Gasteiger partial charge is 0.200 e. The fourth-order valence-electron chi connectivity index (χ4n) is 4.79. The number of pyridine rings is 1. The van der Waals surface area contributed by atoms with Crippen LogP contribution in [0.2, 0.25) is 0 Å². The third kappa shape index (κ3) is 5.15. The number of ether oxygens (including phenoxy) is 1. The van der Waals surface area contributed by atoms with Crippen molar-refractivity contribution in [1.29, 1.82) is 0 Å². The van der Waals surface area contributed by atoms with Crippen LogP contribution < -0.4 is 10.2 Å². The lowest BCUT2D eigenvalue weighted by Gasteiger charge is -2.36. The summed E-state index contributed by atoms with van der Waals surface area (Å²) in [5.41, 5.74) is 3.18. The van der Waals surface area contributed by atoms with Crippen LogP contribution in [-0.2, 0) is 6.54 Å². The Morgan fingerprint density at radius 3 is 2.69 bits per heavy atom. The summed E-state index contributed by atoms with van der Waals surface area (Å²) in [6, 6.07) is 14.9. The van der Waals surface area contributed by atoms with Gasteiger partial charge >= 0.3 is 0 Å². The first-order valence-corrected chi connectivity index (χ1v) is 11.2. The first-order valence-electron chi connectivity index (χ1n) is 11.2. The van der Waals surface area contributed by atoms with Crippen molar-refractivity contribution in [2.75, 3.05) is 13.7 Å². The van der Waals surface area contributed by atoms with Crippen LogP contribution in [0.3, 0.4) is 0 Å². The summed E-state index contributed by atoms with van der Waals surface area (Å²) in [4.78, 5) is 20.0. The third-order valence-electron chi connectivity index (χ3n) is 6.46. The highest BCUT2D eigenvalue weighted by Crippen LogP contribution is 2.36. The highest BCUT2D eigenvalue weighted by atomic mass is 35.5. The van der Waals surface area contributed by atoms with Crippen LogP contribution in [0.1, 0.15) is 36.4 Å². The first-order chi connectivity index (χ1) is 16.2. The Bertz CT molecular complexity index is 1340. The molecule has 0 spiro atoms. The molecule has 5 rings (SSSR count). The largest absolute Gasteiger partial charge is 0.507 e. The zero-order valence-electron chi connectivity index (χ0n) is 19.3. The Morgan fingerprint density at radius 1 is 1.09 bits per heavy atom. The van der Waals surface area contributed by atoms with E-state index in [1.54, 1.807) is 25.4 Å². The average molecular weight is 515 g/mol. The lowest BCUT2D eigenvalue weighted by molar-refractivity contribution is 0.139. The molecular formula is C27H28Cl2N2O4. The van der Waals surface area contributed by atoms with E-state index in [1.165, 1.54) is 6.26 Å². The van der Waals surface area contributed by atoms with Crippen molar-refractivity contribution in [3.63, 3.8) is 0 Å². The number of methoxy groups -OCH3 is 1. The molecule has 3 heterocycles. The van der Waals surface area contributed by atoms with E-state index in [0.717, 1.165) is 31.4 Å². The number of hydrogen-bond acceptors (Lipinski definition) is 6. The highest BCUT2D eigenvalue weighted by Gasteiger charge is 2.26. The highest BCUT2D eigenvalue weighted by molar-refractivity contribution is 5.86. The number of aromatic hydroxyl groups is 1. The molecule has 0 unspecified atom stereocenters. The number of piperidine rings is 1. The summed E-state index contributed by atoms with van der Waals surface area (Å²) in [6.07, 6.45) is 8.42. The van der Waals surface area contributed by atoms with Crippen LogP contribution in [0.5, 0.6) is 11.5 Å². The van der Waals surface area contributed by atoms with Gasteiger partial charge < -0.3 is 14.3 Å². The first kappa shape index (κ1) is 26.5. The molecule has 1 aliphatic rings. The quantitative estimate of drug-likeness (QED) is 0.344. The van der Waals surface area contributed by atoms with Crippen molar-refractivity contribution in [2.45, 2.75) is 31.8 Å². The Morgan fingerprint density at radius 2 is 1.91 bits per heavy atom. The van der Waals surface area contributed by atoms with Gasteiger partial charge in [-0.3, -0.25) is 14.7 Å². The average Bonchev–Trinajstić information content (AvgIpc) is 2.87. The fourth-order valence-corrected chi connectivity index (χ4v) is 4.79. The number of fused-ring (bicyclic) bond motifs is 1. The van der Waals surface area contributed by atoms with Crippen LogP contribution in [-0.4, -0.2) is 28.6 Å². The van der Waals surface area contributed by atoms with Gasteiger partial charge in [-0.1, -0.05) is 30.7 Å². The van der Waals surface area contributed by atoms with Gasteiger partial charge in [0.15, 0.2) is 0 Å². The third-order valence-corrected chi connectivity index (χ3v) is 6.46. The molecule has 0 radical (unpaired) electrons. The number of aromatic nitrogens is 1. The number of rotatable bonds is 5. The number of benzene rings is 2. The van der Waals surface area contributed by atoms with Crippen molar-refractivity contribution in [1.82, 2.24) is 9.88 Å². The van der Waals surface area contributed by atoms with Crippen LogP contribution in [0.4, 0.5) is 0 Å². The standard InChI is InChI=1S/C27H26N2O4.2ClH/c1-32-25-10-3-2-8-19(25)22-17-33-27-20(26(22)31)11-12-24(30)21(27)16-29-14-5-4-9-23(29)18-7-6-13-28-15-18;;/h2-3,6-8,10-13,15,17,23,30H,4-5,9,14,16H2,1H3;2*1H/t23-;;/m0../s1. The van der Waals surface area contributed by atoms with Crippen LogP contribution in [0, 0.1) is 0 Å². The maximum atomic E-state index is 13.4. The Balaban J connectivity index is 0.00000171. The molecule has 1 atom stereocenters. The number of para-hydroxylation sites is 1. The second-order valence-electron chi connectivity index (χ2n) is 8.39. The van der Waals surface area contributed by atoms with E-state index in [1.807, 2.05) is 36.5 Å². The number of phenolic OH excluding ortho intramolecular Hbond substituents is 1. The van der Waals surface area contributed by atoms with Gasteiger partial charge in [-0.2, -0.15) is 0 Å². The molecule has 0 amide bonds. The van der Waals surface area contributed by atoms with E-state index < -0.39 is 0 Å². The minimum atomic E-state index is -0.149. The summed E-state index contributed by atoms with van der Waals surface area (Å²) in [5.74, 6) is 0.738. The molecule has 0 saturated carbocycles. The molecule has 1 saturated heterocycles. The van der Waals surface area contributed by atoms with Gasteiger partial charge in [0.05, 0.1) is 23.6 Å². The van der Waals surface area contributed by atoms with Gasteiger partial charge in [0, 0.05) is 30.5 Å². The maximum absolute atomic E-state index is 13.4. The van der Waals surface area contributed by atoms with E-state index in [0.29, 0.717) is 40.0 Å².